The molecule has 32 heavy (non-hydrogen) atoms. The number of benzene rings is 1. The zero-order valence-corrected chi connectivity index (χ0v) is 19.0. The number of carbonyl (C=O) groups is 3. The summed E-state index contributed by atoms with van der Waals surface area (Å²) in [6.45, 7) is 6.98. The van der Waals surface area contributed by atoms with E-state index in [2.05, 4.69) is 21.3 Å². The molecule has 0 saturated carbocycles. The Hall–Kier alpha value is -2.81. The van der Waals surface area contributed by atoms with Gasteiger partial charge in [-0.1, -0.05) is 13.8 Å². The Labute approximate surface area is 189 Å². The lowest BCUT2D eigenvalue weighted by Crippen LogP contribution is -2.47. The number of hydrogen-bond donors (Lipinski definition) is 4. The summed E-state index contributed by atoms with van der Waals surface area (Å²) in [5.41, 5.74) is 1.28. The van der Waals surface area contributed by atoms with E-state index in [1.807, 2.05) is 13.8 Å². The summed E-state index contributed by atoms with van der Waals surface area (Å²) in [5, 5.41) is 11.4. The molecule has 0 radical (unpaired) electrons. The summed E-state index contributed by atoms with van der Waals surface area (Å²) < 4.78 is 5.55. The van der Waals surface area contributed by atoms with Gasteiger partial charge in [-0.15, -0.1) is 0 Å². The summed E-state index contributed by atoms with van der Waals surface area (Å²) >= 11 is 0. The van der Waals surface area contributed by atoms with Crippen molar-refractivity contribution in [3.05, 3.63) is 24.3 Å². The summed E-state index contributed by atoms with van der Waals surface area (Å²) in [4.78, 5) is 38.8. The Kier molecular flexibility index (Phi) is 8.72. The fourth-order valence-electron chi connectivity index (χ4n) is 3.85. The van der Waals surface area contributed by atoms with Crippen LogP contribution in [-0.4, -0.2) is 61.8 Å². The van der Waals surface area contributed by atoms with Gasteiger partial charge < -0.3 is 30.9 Å². The summed E-state index contributed by atoms with van der Waals surface area (Å²) in [5.74, 6) is 0.163. The molecule has 9 heteroatoms. The highest BCUT2D eigenvalue weighted by molar-refractivity contribution is 5.92. The van der Waals surface area contributed by atoms with E-state index in [4.69, 9.17) is 4.74 Å². The van der Waals surface area contributed by atoms with Gasteiger partial charge in [-0.25, -0.2) is 9.59 Å². The molecular formula is C23H35N5O4. The minimum absolute atomic E-state index is 0.0100. The lowest BCUT2D eigenvalue weighted by molar-refractivity contribution is -0.126. The molecule has 176 valence electrons. The highest BCUT2D eigenvalue weighted by Gasteiger charge is 2.29. The van der Waals surface area contributed by atoms with Gasteiger partial charge in [-0.05, 0) is 55.9 Å². The van der Waals surface area contributed by atoms with E-state index in [-0.39, 0.29) is 30.0 Å². The average molecular weight is 446 g/mol. The zero-order chi connectivity index (χ0) is 22.9. The van der Waals surface area contributed by atoms with Crippen molar-refractivity contribution >= 4 is 29.3 Å². The number of hydrogen-bond acceptors (Lipinski definition) is 4. The van der Waals surface area contributed by atoms with Gasteiger partial charge >= 0.3 is 12.1 Å². The first-order valence-electron chi connectivity index (χ1n) is 11.5. The lowest BCUT2D eigenvalue weighted by Gasteiger charge is -2.32. The van der Waals surface area contributed by atoms with Crippen LogP contribution in [0, 0.1) is 11.8 Å². The van der Waals surface area contributed by atoms with Crippen molar-refractivity contribution in [1.82, 2.24) is 15.5 Å². The Morgan fingerprint density at radius 3 is 2.41 bits per heavy atom. The van der Waals surface area contributed by atoms with Gasteiger partial charge in [0.05, 0.1) is 12.0 Å². The van der Waals surface area contributed by atoms with E-state index in [0.717, 1.165) is 32.3 Å². The number of anilines is 2. The predicted molar refractivity (Wildman–Crippen MR) is 124 cm³/mol. The fraction of sp³-hybridized carbons (Fsp3) is 0.609. The van der Waals surface area contributed by atoms with Gasteiger partial charge in [0.15, 0.2) is 0 Å². The number of piperidine rings is 1. The van der Waals surface area contributed by atoms with Crippen molar-refractivity contribution in [3.63, 3.8) is 0 Å². The van der Waals surface area contributed by atoms with Gasteiger partial charge in [0.1, 0.15) is 0 Å². The molecule has 1 aromatic carbocycles. The number of nitrogens with zero attached hydrogens (tertiary/aromatic N) is 1. The number of rotatable bonds is 7. The topological polar surface area (TPSA) is 112 Å². The monoisotopic (exact) mass is 445 g/mol. The normalized spacial score (nSPS) is 20.7. The van der Waals surface area contributed by atoms with Crippen molar-refractivity contribution in [2.75, 3.05) is 43.4 Å². The maximum Gasteiger partial charge on any atom is 0.321 e. The molecule has 9 nitrogen and oxygen atoms in total. The van der Waals surface area contributed by atoms with Crippen LogP contribution in [0.4, 0.5) is 21.0 Å². The van der Waals surface area contributed by atoms with E-state index in [9.17, 15) is 14.4 Å². The van der Waals surface area contributed by atoms with Crippen LogP contribution in [0.2, 0.25) is 0 Å². The van der Waals surface area contributed by atoms with E-state index in [0.29, 0.717) is 43.5 Å². The SMILES string of the molecule is CC(C)CNC(=O)Nc1ccc(NC(=O)N2CCC[C@H](C(=O)NC[C@@H]3CCCO3)C2)cc1. The highest BCUT2D eigenvalue weighted by Crippen LogP contribution is 2.20. The number of carbonyl (C=O) groups excluding carboxylic acids is 3. The minimum Gasteiger partial charge on any atom is -0.376 e. The second kappa shape index (κ2) is 11.7. The molecule has 2 aliphatic heterocycles. The van der Waals surface area contributed by atoms with Crippen molar-refractivity contribution in [2.24, 2.45) is 11.8 Å². The molecule has 2 atom stereocenters. The Balaban J connectivity index is 1.44. The van der Waals surface area contributed by atoms with Crippen LogP contribution < -0.4 is 21.3 Å². The number of urea groups is 2. The zero-order valence-electron chi connectivity index (χ0n) is 19.0. The van der Waals surface area contributed by atoms with Crippen LogP contribution in [0.25, 0.3) is 0 Å². The van der Waals surface area contributed by atoms with Crippen LogP contribution in [0.1, 0.15) is 39.5 Å². The van der Waals surface area contributed by atoms with E-state index < -0.39 is 0 Å². The number of ether oxygens (including phenoxy) is 1. The quantitative estimate of drug-likeness (QED) is 0.517. The number of amides is 5. The van der Waals surface area contributed by atoms with E-state index in [1.165, 1.54) is 0 Å². The second-order valence-corrected chi connectivity index (χ2v) is 8.90. The molecule has 2 saturated heterocycles. The molecule has 4 N–H and O–H groups in total. The molecular weight excluding hydrogens is 410 g/mol. The smallest absolute Gasteiger partial charge is 0.321 e. The molecule has 2 heterocycles. The molecule has 0 aliphatic carbocycles. The molecule has 1 aromatic rings. The van der Waals surface area contributed by atoms with Gasteiger partial charge in [0.25, 0.3) is 0 Å². The van der Waals surface area contributed by atoms with Crippen LogP contribution in [0.5, 0.6) is 0 Å². The molecule has 0 aromatic heterocycles. The third kappa shape index (κ3) is 7.40. The molecule has 2 fully saturated rings. The third-order valence-electron chi connectivity index (χ3n) is 5.67. The molecule has 5 amide bonds. The number of likely N-dealkylation sites (tertiary alicyclic amines) is 1. The largest absolute Gasteiger partial charge is 0.376 e. The molecule has 3 rings (SSSR count). The first-order chi connectivity index (χ1) is 15.4. The minimum atomic E-state index is -0.257. The van der Waals surface area contributed by atoms with Crippen LogP contribution >= 0.6 is 0 Å². The molecule has 0 unspecified atom stereocenters. The molecule has 2 aliphatic rings. The van der Waals surface area contributed by atoms with Gasteiger partial charge in [-0.3, -0.25) is 4.79 Å². The van der Waals surface area contributed by atoms with Crippen LogP contribution in [-0.2, 0) is 9.53 Å². The Morgan fingerprint density at radius 1 is 1.03 bits per heavy atom. The van der Waals surface area contributed by atoms with E-state index in [1.54, 1.807) is 29.2 Å². The maximum absolute atomic E-state index is 12.7. The van der Waals surface area contributed by atoms with Crippen molar-refractivity contribution in [2.45, 2.75) is 45.6 Å². The summed E-state index contributed by atoms with van der Waals surface area (Å²) in [6.07, 6.45) is 3.71. The summed E-state index contributed by atoms with van der Waals surface area (Å²) in [7, 11) is 0. The fourth-order valence-corrected chi connectivity index (χ4v) is 3.85. The number of nitrogens with one attached hydrogen (secondary N) is 4. The summed E-state index contributed by atoms with van der Waals surface area (Å²) in [6, 6.07) is 6.48. The van der Waals surface area contributed by atoms with Gasteiger partial charge in [0.2, 0.25) is 5.91 Å². The Morgan fingerprint density at radius 2 is 1.75 bits per heavy atom. The Bertz CT molecular complexity index is 777. The van der Waals surface area contributed by atoms with Crippen LogP contribution in [0.15, 0.2) is 24.3 Å². The van der Waals surface area contributed by atoms with E-state index >= 15 is 0 Å². The highest BCUT2D eigenvalue weighted by atomic mass is 16.5. The standard InChI is InChI=1S/C23H35N5O4/c1-16(2)13-25-22(30)26-18-7-9-19(10-8-18)27-23(31)28-11-3-5-17(15-28)21(29)24-14-20-6-4-12-32-20/h7-10,16-17,20H,3-6,11-15H2,1-2H3,(H,24,29)(H,27,31)(H2,25,26,30)/t17-,20-/m0/s1. The van der Waals surface area contributed by atoms with Gasteiger partial charge in [-0.2, -0.15) is 0 Å². The van der Waals surface area contributed by atoms with Gasteiger partial charge in [0, 0.05) is 44.2 Å². The third-order valence-corrected chi connectivity index (χ3v) is 5.67. The average Bonchev–Trinajstić information content (AvgIpc) is 3.31. The van der Waals surface area contributed by atoms with Crippen molar-refractivity contribution in [3.8, 4) is 0 Å². The second-order valence-electron chi connectivity index (χ2n) is 8.90. The van der Waals surface area contributed by atoms with Crippen molar-refractivity contribution in [1.29, 1.82) is 0 Å². The molecule has 0 spiro atoms. The molecule has 0 bridgehead atoms. The maximum atomic E-state index is 12.7. The predicted octanol–water partition coefficient (Wildman–Crippen LogP) is 3.00. The van der Waals surface area contributed by atoms with Crippen molar-refractivity contribution < 1.29 is 19.1 Å². The van der Waals surface area contributed by atoms with Crippen LogP contribution in [0.3, 0.4) is 0 Å². The first-order valence-corrected chi connectivity index (χ1v) is 11.5. The lowest BCUT2D eigenvalue weighted by atomic mass is 9.97. The first kappa shape index (κ1) is 23.8.